The number of esters is 4. The Balaban J connectivity index is 0.000000136. The molecule has 44 heteroatoms. The van der Waals surface area contributed by atoms with E-state index in [9.17, 15) is 92.0 Å². The summed E-state index contributed by atoms with van der Waals surface area (Å²) >= 11 is 5.23. The average molecular weight is 2110 g/mol. The van der Waals surface area contributed by atoms with Crippen LogP contribution < -0.4 is 21.3 Å². The zero-order valence-corrected chi connectivity index (χ0v) is 82.3. The topological polar surface area (TPSA) is 386 Å². The molecule has 148 heavy (non-hydrogen) atoms. The summed E-state index contributed by atoms with van der Waals surface area (Å²) in [5.74, 6) is -0.0825. The lowest BCUT2D eigenvalue weighted by Gasteiger charge is -2.21. The first-order valence-corrected chi connectivity index (χ1v) is 48.2. The molecule has 20 rings (SSSR count). The highest BCUT2D eigenvalue weighted by molar-refractivity contribution is 7.16. The van der Waals surface area contributed by atoms with Crippen LogP contribution >= 0.6 is 45.3 Å². The number of Topliss-reactive ketones (excluding diaryl/α,β-unsaturated/α-hetero) is 1. The monoisotopic (exact) mass is 2100 g/mol. The van der Waals surface area contributed by atoms with Gasteiger partial charge < -0.3 is 55.5 Å². The third-order valence-corrected chi connectivity index (χ3v) is 28.4. The Bertz CT molecular complexity index is 7210. The highest BCUT2D eigenvalue weighted by atomic mass is 32.1. The number of aliphatic hydroxyl groups is 3. The number of pyridine rings is 8. The van der Waals surface area contributed by atoms with Crippen LogP contribution in [0, 0.1) is 27.7 Å². The van der Waals surface area contributed by atoms with E-state index >= 15 is 0 Å². The second kappa shape index (κ2) is 43.2. The fraction of sp³-hybridized carbons (Fsp3) is 0.221. The molecule has 0 bridgehead atoms. The Morgan fingerprint density at radius 1 is 0.331 bits per heavy atom. The predicted octanol–water partition coefficient (Wildman–Crippen LogP) is 23.2. The van der Waals surface area contributed by atoms with Gasteiger partial charge in [0.05, 0.1) is 121 Å². The van der Waals surface area contributed by atoms with E-state index in [0.29, 0.717) is 172 Å². The molecule has 0 radical (unpaired) electrons. The number of halogens is 12. The molecule has 0 saturated heterocycles. The molecule has 12 heterocycles. The van der Waals surface area contributed by atoms with E-state index < -0.39 is 81.7 Å². The third-order valence-electron chi connectivity index (χ3n) is 24.0. The van der Waals surface area contributed by atoms with E-state index in [4.69, 9.17) is 14.2 Å². The molecule has 0 spiro atoms. The van der Waals surface area contributed by atoms with Crippen molar-refractivity contribution in [1.29, 1.82) is 0 Å². The summed E-state index contributed by atoms with van der Waals surface area (Å²) in [7, 11) is 5.30. The Hall–Kier alpha value is -15.6. The molecule has 4 aliphatic carbocycles. The van der Waals surface area contributed by atoms with Gasteiger partial charge in [0.2, 0.25) is 0 Å². The van der Waals surface area contributed by atoms with Crippen molar-refractivity contribution in [3.8, 4) is 42.3 Å². The number of ketones is 1. The first kappa shape index (κ1) is 105. The number of anilines is 8. The summed E-state index contributed by atoms with van der Waals surface area (Å²) in [4.78, 5) is 113. The SMILES string of the molecule is COC(=O)c1cccc2c1CCC2(O)c1ncc(-c2cc(C)cc(Nc3cc(C(F)(F)F)ccn3)n2)s1.COC(=O)c1cccc2c1CCC2=O.COC(=O)c1cccc2c1CC[C@@]2(O)c1ncc(-c2cc(C)cc(Nc3cc(C(F)(F)F)ccn3)n2)s1.COC(=O)c1cccc2c1CC[C@]2(O)c1ncc(-c2cc(C)cc(Nc3cc(C(F)(F)F)ccn3)n2)s1.Cc1cc(Nc2cc(C(F)(F)F)ccn2)nc(-c2cncs2)c1. The molecule has 4 aromatic carbocycles. The number of aryl methyl sites for hydroxylation is 4. The number of hydrogen-bond donors (Lipinski definition) is 7. The van der Waals surface area contributed by atoms with Crippen molar-refractivity contribution in [2.75, 3.05) is 49.7 Å². The highest BCUT2D eigenvalue weighted by Crippen LogP contribution is 2.51. The van der Waals surface area contributed by atoms with Crippen LogP contribution in [0.2, 0.25) is 0 Å². The van der Waals surface area contributed by atoms with E-state index in [2.05, 4.69) is 85.8 Å². The fourth-order valence-corrected chi connectivity index (χ4v) is 20.8. The van der Waals surface area contributed by atoms with Gasteiger partial charge in [-0.1, -0.05) is 48.5 Å². The van der Waals surface area contributed by atoms with Gasteiger partial charge in [0, 0.05) is 61.6 Å². The normalized spacial score (nSPS) is 15.8. The number of benzene rings is 4. The van der Waals surface area contributed by atoms with E-state index in [1.165, 1.54) is 73.8 Å². The molecule has 1 unspecified atom stereocenters. The molecule has 12 aromatic heterocycles. The van der Waals surface area contributed by atoms with Gasteiger partial charge in [-0.3, -0.25) is 9.78 Å². The van der Waals surface area contributed by atoms with E-state index in [-0.39, 0.29) is 35.0 Å². The van der Waals surface area contributed by atoms with Crippen LogP contribution in [-0.2, 0) is 86.1 Å². The Morgan fingerprint density at radius 3 is 0.878 bits per heavy atom. The standard InChI is InChI=1S/3C26H21F3N4O3S.C15H11F3N4S.C11H10O3/c3*1-14-10-19(32-22(11-14)33-21-12-15(7-9-30-21)26(27,28)29)20-13-31-24(37-20)25(35)8-6-16-17(23(34)36-2)4-3-5-18(16)25;1-9-4-11(12-7-19-8-23-12)21-14(5-9)22-13-6-10(2-3-20-13)15(16,17)18;1-14-11(13)9-4-2-3-8-7(9)5-6-10(8)12/h3*3-5,7,9-13,35H,6,8H2,1-2H3,(H,30,32,33);2-8H,1H3,(H,20,21,22);2-4H,5-6H2,1H3/t2*25-;;;/m10.../s1. The Morgan fingerprint density at radius 2 is 0.608 bits per heavy atom. The molecule has 3 atom stereocenters. The van der Waals surface area contributed by atoms with Crippen LogP contribution in [0.3, 0.4) is 0 Å². The highest BCUT2D eigenvalue weighted by Gasteiger charge is 2.47. The van der Waals surface area contributed by atoms with Crippen molar-refractivity contribution in [3.05, 3.63) is 351 Å². The van der Waals surface area contributed by atoms with Crippen LogP contribution in [0.5, 0.6) is 0 Å². The summed E-state index contributed by atoms with van der Waals surface area (Å²) < 4.78 is 175. The number of methoxy groups -OCH3 is 4. The van der Waals surface area contributed by atoms with E-state index in [1.807, 2.05) is 52.0 Å². The fourth-order valence-electron chi connectivity index (χ4n) is 17.2. The number of nitrogens with one attached hydrogen (secondary N) is 4. The first-order chi connectivity index (χ1) is 70.4. The van der Waals surface area contributed by atoms with Crippen molar-refractivity contribution in [2.45, 2.75) is 121 Å². The molecule has 760 valence electrons. The predicted molar refractivity (Wildman–Crippen MR) is 528 cm³/mol. The van der Waals surface area contributed by atoms with E-state index in [1.54, 1.807) is 127 Å². The van der Waals surface area contributed by atoms with Crippen molar-refractivity contribution in [2.24, 2.45) is 0 Å². The molecule has 16 aromatic rings. The lowest BCUT2D eigenvalue weighted by Crippen LogP contribution is -2.23. The maximum atomic E-state index is 13.1. The molecule has 28 nitrogen and oxygen atoms in total. The van der Waals surface area contributed by atoms with Gasteiger partial charge in [-0.2, -0.15) is 52.7 Å². The summed E-state index contributed by atoms with van der Waals surface area (Å²) in [6.45, 7) is 7.41. The van der Waals surface area contributed by atoms with Crippen LogP contribution in [0.4, 0.5) is 99.2 Å². The molecule has 0 saturated carbocycles. The maximum Gasteiger partial charge on any atom is 0.416 e. The number of carbonyl (C=O) groups excluding carboxylic acids is 5. The molecule has 4 aliphatic rings. The summed E-state index contributed by atoms with van der Waals surface area (Å²) in [5.41, 5.74) is 7.50. The second-order valence-electron chi connectivity index (χ2n) is 34.1. The van der Waals surface area contributed by atoms with Crippen molar-refractivity contribution in [1.82, 2.24) is 59.8 Å². The van der Waals surface area contributed by atoms with Crippen molar-refractivity contribution in [3.63, 3.8) is 0 Å². The van der Waals surface area contributed by atoms with Gasteiger partial charge >= 0.3 is 48.6 Å². The molecule has 0 fully saturated rings. The minimum Gasteiger partial charge on any atom is -0.465 e. The number of hydrogen-bond acceptors (Lipinski definition) is 32. The van der Waals surface area contributed by atoms with Gasteiger partial charge in [-0.25, -0.2) is 74.0 Å². The second-order valence-corrected chi connectivity index (χ2v) is 38.1. The van der Waals surface area contributed by atoms with E-state index in [0.717, 1.165) is 123 Å². The smallest absolute Gasteiger partial charge is 0.416 e. The zero-order chi connectivity index (χ0) is 106. The number of carbonyl (C=O) groups is 5. The Labute approximate surface area is 851 Å². The molecule has 7 N–H and O–H groups in total. The number of thiazole rings is 4. The maximum absolute atomic E-state index is 13.1. The van der Waals surface area contributed by atoms with Crippen LogP contribution in [0.1, 0.15) is 176 Å². The average Bonchev–Trinajstić information content (AvgIpc) is 1.60. The van der Waals surface area contributed by atoms with Crippen LogP contribution in [0.15, 0.2) is 225 Å². The minimum atomic E-state index is -4.49. The molecular weight excluding hydrogens is 2020 g/mol. The summed E-state index contributed by atoms with van der Waals surface area (Å²) in [6, 6.07) is 42.2. The quantitative estimate of drug-likeness (QED) is 0.0225. The third kappa shape index (κ3) is 23.4. The molecule has 0 amide bonds. The summed E-state index contributed by atoms with van der Waals surface area (Å²) in [6.07, 6.45) is -3.27. The molecule has 0 aliphatic heterocycles. The van der Waals surface area contributed by atoms with Gasteiger partial charge in [0.25, 0.3) is 0 Å². The first-order valence-electron chi connectivity index (χ1n) is 44.9. The largest absolute Gasteiger partial charge is 0.465 e. The van der Waals surface area contributed by atoms with Crippen LogP contribution in [0.25, 0.3) is 42.3 Å². The lowest BCUT2D eigenvalue weighted by atomic mass is 9.95. The zero-order valence-electron chi connectivity index (χ0n) is 79.1. The number of aromatic nitrogens is 12. The van der Waals surface area contributed by atoms with Gasteiger partial charge in [0.1, 0.15) is 78.4 Å². The minimum absolute atomic E-state index is 0.0159. The lowest BCUT2D eigenvalue weighted by molar-refractivity contribution is -0.138. The number of ether oxygens (including phenoxy) is 4. The number of nitrogens with zero attached hydrogens (tertiary/aromatic N) is 12. The Kier molecular flexibility index (Phi) is 30.7. The van der Waals surface area contributed by atoms with Crippen molar-refractivity contribution < 1.29 is 111 Å². The van der Waals surface area contributed by atoms with Crippen LogP contribution in [-0.4, -0.2) is 133 Å². The van der Waals surface area contributed by atoms with Gasteiger partial charge in [-0.15, -0.1) is 45.3 Å². The van der Waals surface area contributed by atoms with Gasteiger partial charge in [-0.05, 0) is 255 Å². The molecular formula is C104H84F12N16O12S4. The summed E-state index contributed by atoms with van der Waals surface area (Å²) in [5, 5.41) is 47.6. The number of fused-ring (bicyclic) bond motifs is 4. The number of alkyl halides is 12. The van der Waals surface area contributed by atoms with Gasteiger partial charge in [0.15, 0.2) is 5.78 Å². The van der Waals surface area contributed by atoms with Crippen molar-refractivity contribution >= 4 is 122 Å². The number of rotatable bonds is 19.